The Balaban J connectivity index is 1.43. The largest absolute Gasteiger partial charge is 0.383 e. The molecule has 27 heavy (non-hydrogen) atoms. The highest BCUT2D eigenvalue weighted by Crippen LogP contribution is 2.27. The molecule has 9 heteroatoms. The summed E-state index contributed by atoms with van der Waals surface area (Å²) in [5.74, 6) is 0.750. The molecule has 9 nitrogen and oxygen atoms in total. The van der Waals surface area contributed by atoms with Gasteiger partial charge in [-0.1, -0.05) is 0 Å². The van der Waals surface area contributed by atoms with Gasteiger partial charge in [-0.2, -0.15) is 0 Å². The van der Waals surface area contributed by atoms with Crippen molar-refractivity contribution in [3.63, 3.8) is 0 Å². The van der Waals surface area contributed by atoms with E-state index in [1.807, 2.05) is 6.07 Å². The Labute approximate surface area is 156 Å². The Morgan fingerprint density at radius 3 is 2.81 bits per heavy atom. The summed E-state index contributed by atoms with van der Waals surface area (Å²) in [6.45, 7) is 2.38. The van der Waals surface area contributed by atoms with Gasteiger partial charge in [-0.15, -0.1) is 0 Å². The van der Waals surface area contributed by atoms with Gasteiger partial charge in [0.2, 0.25) is 5.91 Å². The fourth-order valence-electron chi connectivity index (χ4n) is 3.78. The SMILES string of the molecule is COCCN1C(=O)CN(C2CCN(c3ncnc4cnccc34)CC2)C1=O. The number of carbonyl (C=O) groups excluding carboxylic acids is 2. The molecule has 2 aromatic heterocycles. The molecular formula is C18H22N6O3. The molecule has 0 aliphatic carbocycles. The highest BCUT2D eigenvalue weighted by molar-refractivity contribution is 6.02. The molecule has 3 amide bonds. The lowest BCUT2D eigenvalue weighted by molar-refractivity contribution is -0.125. The van der Waals surface area contributed by atoms with Gasteiger partial charge < -0.3 is 14.5 Å². The average Bonchev–Trinajstić information content (AvgIpc) is 2.99. The lowest BCUT2D eigenvalue weighted by Gasteiger charge is -2.36. The number of urea groups is 1. The second kappa shape index (κ2) is 7.43. The van der Waals surface area contributed by atoms with Crippen molar-refractivity contribution >= 4 is 28.7 Å². The molecule has 0 spiro atoms. The van der Waals surface area contributed by atoms with E-state index in [9.17, 15) is 9.59 Å². The Hall–Kier alpha value is -2.81. The van der Waals surface area contributed by atoms with Crippen molar-refractivity contribution in [3.8, 4) is 0 Å². The number of fused-ring (bicyclic) bond motifs is 1. The van der Waals surface area contributed by atoms with Gasteiger partial charge in [0.15, 0.2) is 0 Å². The standard InChI is InChI=1S/C18H22N6O3/c1-27-9-8-23-16(25)11-24(18(23)26)13-3-6-22(7-4-13)17-14-2-5-19-10-15(14)20-12-21-17/h2,5,10,12-13H,3-4,6-9,11H2,1H3. The van der Waals surface area contributed by atoms with Crippen molar-refractivity contribution in [1.82, 2.24) is 24.8 Å². The minimum absolute atomic E-state index is 0.0695. The molecule has 4 heterocycles. The molecule has 0 bridgehead atoms. The van der Waals surface area contributed by atoms with Crippen molar-refractivity contribution in [3.05, 3.63) is 24.8 Å². The number of methoxy groups -OCH3 is 1. The fraction of sp³-hybridized carbons (Fsp3) is 0.500. The third kappa shape index (κ3) is 3.30. The third-order valence-electron chi connectivity index (χ3n) is 5.22. The normalized spacial score (nSPS) is 18.8. The molecule has 2 aliphatic heterocycles. The molecule has 0 N–H and O–H groups in total. The van der Waals surface area contributed by atoms with Crippen LogP contribution in [0, 0.1) is 0 Å². The van der Waals surface area contributed by atoms with Gasteiger partial charge in [0.1, 0.15) is 18.7 Å². The van der Waals surface area contributed by atoms with Gasteiger partial charge in [-0.25, -0.2) is 14.8 Å². The summed E-state index contributed by atoms with van der Waals surface area (Å²) in [6.07, 6.45) is 6.63. The molecule has 2 fully saturated rings. The number of ether oxygens (including phenoxy) is 1. The number of hydrogen-bond acceptors (Lipinski definition) is 7. The summed E-state index contributed by atoms with van der Waals surface area (Å²) in [4.78, 5) is 42.8. The van der Waals surface area contributed by atoms with Crippen LogP contribution < -0.4 is 4.90 Å². The molecule has 2 saturated heterocycles. The predicted octanol–water partition coefficient (Wildman–Crippen LogP) is 0.904. The van der Waals surface area contributed by atoms with Crippen LogP contribution in [0.25, 0.3) is 10.9 Å². The van der Waals surface area contributed by atoms with Crippen molar-refractivity contribution < 1.29 is 14.3 Å². The van der Waals surface area contributed by atoms with Crippen LogP contribution in [0.5, 0.6) is 0 Å². The van der Waals surface area contributed by atoms with Crippen LogP contribution in [-0.2, 0) is 9.53 Å². The van der Waals surface area contributed by atoms with E-state index in [1.165, 1.54) is 4.90 Å². The smallest absolute Gasteiger partial charge is 0.327 e. The summed E-state index contributed by atoms with van der Waals surface area (Å²) < 4.78 is 4.99. The average molecular weight is 370 g/mol. The summed E-state index contributed by atoms with van der Waals surface area (Å²) >= 11 is 0. The van der Waals surface area contributed by atoms with Crippen molar-refractivity contribution in [2.24, 2.45) is 0 Å². The zero-order chi connectivity index (χ0) is 18.8. The number of hydrogen-bond donors (Lipinski definition) is 0. The van der Waals surface area contributed by atoms with Crippen LogP contribution in [0.3, 0.4) is 0 Å². The maximum Gasteiger partial charge on any atom is 0.327 e. The van der Waals surface area contributed by atoms with E-state index in [0.29, 0.717) is 13.2 Å². The van der Waals surface area contributed by atoms with Gasteiger partial charge in [-0.05, 0) is 18.9 Å². The second-order valence-electron chi connectivity index (χ2n) is 6.76. The van der Waals surface area contributed by atoms with E-state index in [2.05, 4.69) is 19.9 Å². The number of carbonyl (C=O) groups is 2. The van der Waals surface area contributed by atoms with Crippen LogP contribution in [0.4, 0.5) is 10.6 Å². The van der Waals surface area contributed by atoms with E-state index in [-0.39, 0.29) is 24.5 Å². The van der Waals surface area contributed by atoms with Gasteiger partial charge in [0.05, 0.1) is 24.9 Å². The molecule has 0 aromatic carbocycles. The van der Waals surface area contributed by atoms with E-state index in [1.54, 1.807) is 30.7 Å². The number of imide groups is 1. The zero-order valence-electron chi connectivity index (χ0n) is 15.2. The van der Waals surface area contributed by atoms with Crippen LogP contribution in [-0.4, -0.2) is 82.6 Å². The van der Waals surface area contributed by atoms with Crippen molar-refractivity contribution in [1.29, 1.82) is 0 Å². The molecule has 0 atom stereocenters. The van der Waals surface area contributed by atoms with Crippen LogP contribution in [0.1, 0.15) is 12.8 Å². The molecule has 4 rings (SSSR count). The first-order chi connectivity index (χ1) is 13.2. The first-order valence-corrected chi connectivity index (χ1v) is 9.08. The molecule has 0 radical (unpaired) electrons. The number of pyridine rings is 1. The van der Waals surface area contributed by atoms with Crippen molar-refractivity contribution in [2.75, 3.05) is 44.8 Å². The highest BCUT2D eigenvalue weighted by Gasteiger charge is 2.40. The third-order valence-corrected chi connectivity index (χ3v) is 5.22. The Morgan fingerprint density at radius 2 is 2.04 bits per heavy atom. The highest BCUT2D eigenvalue weighted by atomic mass is 16.5. The number of piperidine rings is 1. The Morgan fingerprint density at radius 1 is 1.22 bits per heavy atom. The lowest BCUT2D eigenvalue weighted by Crippen LogP contribution is -2.47. The maximum absolute atomic E-state index is 12.6. The monoisotopic (exact) mass is 370 g/mol. The van der Waals surface area contributed by atoms with Crippen LogP contribution >= 0.6 is 0 Å². The first kappa shape index (κ1) is 17.6. The number of rotatable bonds is 5. The molecular weight excluding hydrogens is 348 g/mol. The molecule has 0 unspecified atom stereocenters. The van der Waals surface area contributed by atoms with Gasteiger partial charge in [-0.3, -0.25) is 14.7 Å². The lowest BCUT2D eigenvalue weighted by atomic mass is 10.0. The van der Waals surface area contributed by atoms with E-state index < -0.39 is 0 Å². The van der Waals surface area contributed by atoms with E-state index >= 15 is 0 Å². The summed E-state index contributed by atoms with van der Waals surface area (Å²) in [5, 5.41) is 0.976. The molecule has 2 aromatic rings. The maximum atomic E-state index is 12.6. The fourth-order valence-corrected chi connectivity index (χ4v) is 3.78. The number of anilines is 1. The number of nitrogens with zero attached hydrogens (tertiary/aromatic N) is 6. The minimum atomic E-state index is -0.200. The van der Waals surface area contributed by atoms with Gasteiger partial charge >= 0.3 is 6.03 Å². The van der Waals surface area contributed by atoms with Gasteiger partial charge in [0, 0.05) is 37.8 Å². The quantitative estimate of drug-likeness (QED) is 0.722. The predicted molar refractivity (Wildman–Crippen MR) is 98.3 cm³/mol. The summed E-state index contributed by atoms with van der Waals surface area (Å²) in [7, 11) is 1.56. The van der Waals surface area contributed by atoms with Crippen molar-refractivity contribution in [2.45, 2.75) is 18.9 Å². The number of amides is 3. The Kier molecular flexibility index (Phi) is 4.85. The summed E-state index contributed by atoms with van der Waals surface area (Å²) in [5.41, 5.74) is 0.818. The Bertz CT molecular complexity index is 847. The van der Waals surface area contributed by atoms with E-state index in [4.69, 9.17) is 4.74 Å². The van der Waals surface area contributed by atoms with Crippen LogP contribution in [0.15, 0.2) is 24.8 Å². The number of aromatic nitrogens is 3. The second-order valence-corrected chi connectivity index (χ2v) is 6.76. The van der Waals surface area contributed by atoms with Gasteiger partial charge in [0.25, 0.3) is 0 Å². The van der Waals surface area contributed by atoms with E-state index in [0.717, 1.165) is 42.7 Å². The minimum Gasteiger partial charge on any atom is -0.383 e. The zero-order valence-corrected chi connectivity index (χ0v) is 15.2. The topological polar surface area (TPSA) is 91.8 Å². The van der Waals surface area contributed by atoms with Crippen LogP contribution in [0.2, 0.25) is 0 Å². The molecule has 142 valence electrons. The molecule has 0 saturated carbocycles. The first-order valence-electron chi connectivity index (χ1n) is 9.08. The molecule has 2 aliphatic rings. The summed E-state index contributed by atoms with van der Waals surface area (Å²) in [6, 6.07) is 1.79.